The SMILES string of the molecule is c1cnc2c(NC3CCCC3)cncc2c1. The predicted octanol–water partition coefficient (Wildman–Crippen LogP) is 2.98. The molecule has 1 aliphatic rings. The first-order valence-electron chi connectivity index (χ1n) is 5.89. The summed E-state index contributed by atoms with van der Waals surface area (Å²) in [5.41, 5.74) is 2.11. The van der Waals surface area contributed by atoms with Crippen LogP contribution in [0.15, 0.2) is 30.7 Å². The monoisotopic (exact) mass is 213 g/mol. The van der Waals surface area contributed by atoms with Crippen LogP contribution >= 0.6 is 0 Å². The fourth-order valence-electron chi connectivity index (χ4n) is 2.40. The highest BCUT2D eigenvalue weighted by molar-refractivity contribution is 5.89. The second-order valence-corrected chi connectivity index (χ2v) is 4.39. The maximum Gasteiger partial charge on any atom is 0.0964 e. The molecule has 0 saturated heterocycles. The topological polar surface area (TPSA) is 37.8 Å². The molecule has 2 heterocycles. The highest BCUT2D eigenvalue weighted by Gasteiger charge is 2.15. The van der Waals surface area contributed by atoms with Crippen LogP contribution in [0.3, 0.4) is 0 Å². The first kappa shape index (κ1) is 9.58. The van der Waals surface area contributed by atoms with Gasteiger partial charge in [-0.1, -0.05) is 12.8 Å². The molecule has 1 fully saturated rings. The molecular weight excluding hydrogens is 198 g/mol. The van der Waals surface area contributed by atoms with Crippen molar-refractivity contribution in [1.29, 1.82) is 0 Å². The lowest BCUT2D eigenvalue weighted by Gasteiger charge is -2.14. The summed E-state index contributed by atoms with van der Waals surface area (Å²) in [5, 5.41) is 4.66. The van der Waals surface area contributed by atoms with Crippen LogP contribution in [-0.4, -0.2) is 16.0 Å². The third-order valence-electron chi connectivity index (χ3n) is 3.23. The molecule has 1 saturated carbocycles. The van der Waals surface area contributed by atoms with Crippen LogP contribution < -0.4 is 5.32 Å². The van der Waals surface area contributed by atoms with Gasteiger partial charge in [-0.3, -0.25) is 9.97 Å². The standard InChI is InChI=1S/C13H15N3/c1-2-6-11(5-1)16-12-9-14-8-10-4-3-7-15-13(10)12/h3-4,7-9,11,16H,1-2,5-6H2. The maximum atomic E-state index is 4.42. The predicted molar refractivity (Wildman–Crippen MR) is 65.4 cm³/mol. The molecule has 3 nitrogen and oxygen atoms in total. The van der Waals surface area contributed by atoms with E-state index < -0.39 is 0 Å². The van der Waals surface area contributed by atoms with E-state index in [4.69, 9.17) is 0 Å². The van der Waals surface area contributed by atoms with Gasteiger partial charge in [-0.15, -0.1) is 0 Å². The Kier molecular flexibility index (Phi) is 2.44. The van der Waals surface area contributed by atoms with Crippen molar-refractivity contribution in [2.45, 2.75) is 31.7 Å². The van der Waals surface area contributed by atoms with Crippen molar-refractivity contribution in [3.63, 3.8) is 0 Å². The van der Waals surface area contributed by atoms with Gasteiger partial charge in [0.05, 0.1) is 17.4 Å². The van der Waals surface area contributed by atoms with Gasteiger partial charge in [0, 0.05) is 23.8 Å². The number of aromatic nitrogens is 2. The zero-order valence-corrected chi connectivity index (χ0v) is 9.19. The second-order valence-electron chi connectivity index (χ2n) is 4.39. The molecule has 2 aromatic rings. The van der Waals surface area contributed by atoms with Crippen molar-refractivity contribution in [3.05, 3.63) is 30.7 Å². The van der Waals surface area contributed by atoms with E-state index >= 15 is 0 Å². The van der Waals surface area contributed by atoms with Crippen molar-refractivity contribution >= 4 is 16.6 Å². The van der Waals surface area contributed by atoms with E-state index in [0.29, 0.717) is 6.04 Å². The highest BCUT2D eigenvalue weighted by atomic mass is 15.0. The molecular formula is C13H15N3. The van der Waals surface area contributed by atoms with Crippen LogP contribution in [0.5, 0.6) is 0 Å². The van der Waals surface area contributed by atoms with Gasteiger partial charge in [0.25, 0.3) is 0 Å². The molecule has 0 unspecified atom stereocenters. The zero-order valence-electron chi connectivity index (χ0n) is 9.19. The minimum Gasteiger partial charge on any atom is -0.379 e. The lowest BCUT2D eigenvalue weighted by Crippen LogP contribution is -2.15. The van der Waals surface area contributed by atoms with Gasteiger partial charge in [0.15, 0.2) is 0 Å². The molecule has 1 N–H and O–H groups in total. The molecule has 82 valence electrons. The number of nitrogens with one attached hydrogen (secondary N) is 1. The van der Waals surface area contributed by atoms with Crippen LogP contribution in [0.1, 0.15) is 25.7 Å². The first-order valence-corrected chi connectivity index (χ1v) is 5.89. The van der Waals surface area contributed by atoms with Crippen molar-refractivity contribution < 1.29 is 0 Å². The number of hydrogen-bond acceptors (Lipinski definition) is 3. The zero-order chi connectivity index (χ0) is 10.8. The lowest BCUT2D eigenvalue weighted by atomic mass is 10.2. The van der Waals surface area contributed by atoms with Gasteiger partial charge in [-0.25, -0.2) is 0 Å². The summed E-state index contributed by atoms with van der Waals surface area (Å²) in [6.45, 7) is 0. The normalized spacial score (nSPS) is 16.8. The van der Waals surface area contributed by atoms with Gasteiger partial charge >= 0.3 is 0 Å². The molecule has 1 aliphatic carbocycles. The summed E-state index contributed by atoms with van der Waals surface area (Å²) in [6.07, 6.45) is 10.8. The first-order chi connectivity index (χ1) is 7.93. The summed E-state index contributed by atoms with van der Waals surface area (Å²) >= 11 is 0. The van der Waals surface area contributed by atoms with E-state index in [0.717, 1.165) is 16.6 Å². The van der Waals surface area contributed by atoms with Gasteiger partial charge in [-0.05, 0) is 25.0 Å². The number of rotatable bonds is 2. The number of anilines is 1. The molecule has 3 rings (SSSR count). The molecule has 0 atom stereocenters. The summed E-state index contributed by atoms with van der Waals surface area (Å²) < 4.78 is 0. The quantitative estimate of drug-likeness (QED) is 0.833. The highest BCUT2D eigenvalue weighted by Crippen LogP contribution is 2.25. The van der Waals surface area contributed by atoms with Crippen LogP contribution in [0.4, 0.5) is 5.69 Å². The molecule has 3 heteroatoms. The Morgan fingerprint density at radius 3 is 2.94 bits per heavy atom. The van der Waals surface area contributed by atoms with Crippen LogP contribution in [0.25, 0.3) is 10.9 Å². The number of fused-ring (bicyclic) bond motifs is 1. The Hall–Kier alpha value is -1.64. The number of hydrogen-bond donors (Lipinski definition) is 1. The van der Waals surface area contributed by atoms with Crippen molar-refractivity contribution in [1.82, 2.24) is 9.97 Å². The minimum absolute atomic E-state index is 0.606. The third-order valence-corrected chi connectivity index (χ3v) is 3.23. The average molecular weight is 213 g/mol. The van der Waals surface area contributed by atoms with E-state index in [1.54, 1.807) is 0 Å². The molecule has 0 bridgehead atoms. The minimum atomic E-state index is 0.606. The Balaban J connectivity index is 1.96. The molecule has 0 spiro atoms. The number of nitrogens with zero attached hydrogens (tertiary/aromatic N) is 2. The smallest absolute Gasteiger partial charge is 0.0964 e. The fraction of sp³-hybridized carbons (Fsp3) is 0.385. The molecule has 0 aliphatic heterocycles. The molecule has 0 amide bonds. The summed E-state index contributed by atoms with van der Waals surface area (Å²) in [7, 11) is 0. The van der Waals surface area contributed by atoms with Crippen molar-refractivity contribution in [3.8, 4) is 0 Å². The summed E-state index contributed by atoms with van der Waals surface area (Å²) in [4.78, 5) is 8.67. The van der Waals surface area contributed by atoms with E-state index in [1.807, 2.05) is 24.7 Å². The Labute approximate surface area is 94.9 Å². The maximum absolute atomic E-state index is 4.42. The Bertz CT molecular complexity index is 484. The Morgan fingerprint density at radius 1 is 1.19 bits per heavy atom. The number of pyridine rings is 2. The Morgan fingerprint density at radius 2 is 2.06 bits per heavy atom. The van der Waals surface area contributed by atoms with Crippen molar-refractivity contribution in [2.24, 2.45) is 0 Å². The van der Waals surface area contributed by atoms with E-state index in [-0.39, 0.29) is 0 Å². The van der Waals surface area contributed by atoms with Crippen LogP contribution in [0, 0.1) is 0 Å². The molecule has 0 aromatic carbocycles. The molecule has 16 heavy (non-hydrogen) atoms. The van der Waals surface area contributed by atoms with Gasteiger partial charge < -0.3 is 5.32 Å². The van der Waals surface area contributed by atoms with Gasteiger partial charge in [0.2, 0.25) is 0 Å². The van der Waals surface area contributed by atoms with Crippen LogP contribution in [-0.2, 0) is 0 Å². The fourth-order valence-corrected chi connectivity index (χ4v) is 2.40. The molecule has 2 aromatic heterocycles. The van der Waals surface area contributed by atoms with Gasteiger partial charge in [0.1, 0.15) is 0 Å². The van der Waals surface area contributed by atoms with Crippen molar-refractivity contribution in [2.75, 3.05) is 5.32 Å². The van der Waals surface area contributed by atoms with Gasteiger partial charge in [-0.2, -0.15) is 0 Å². The van der Waals surface area contributed by atoms with E-state index in [2.05, 4.69) is 21.4 Å². The summed E-state index contributed by atoms with van der Waals surface area (Å²) in [6, 6.07) is 4.60. The van der Waals surface area contributed by atoms with E-state index in [1.165, 1.54) is 25.7 Å². The summed E-state index contributed by atoms with van der Waals surface area (Å²) in [5.74, 6) is 0. The lowest BCUT2D eigenvalue weighted by molar-refractivity contribution is 0.755. The largest absolute Gasteiger partial charge is 0.379 e. The van der Waals surface area contributed by atoms with E-state index in [9.17, 15) is 0 Å². The molecule has 0 radical (unpaired) electrons. The third kappa shape index (κ3) is 1.73. The second kappa shape index (κ2) is 4.08. The van der Waals surface area contributed by atoms with Crippen LogP contribution in [0.2, 0.25) is 0 Å². The average Bonchev–Trinajstić information content (AvgIpc) is 2.82.